The highest BCUT2D eigenvalue weighted by atomic mass is 16.5. The van der Waals surface area contributed by atoms with Gasteiger partial charge in [0, 0.05) is 6.07 Å². The van der Waals surface area contributed by atoms with Crippen molar-refractivity contribution >= 4 is 5.69 Å². The van der Waals surface area contributed by atoms with E-state index in [0.29, 0.717) is 11.6 Å². The molecule has 0 saturated carbocycles. The number of hydrogen-bond donors (Lipinski definition) is 1. The Bertz CT molecular complexity index is 629. The maximum atomic E-state index is 8.86. The van der Waals surface area contributed by atoms with E-state index in [1.807, 2.05) is 38.1 Å². The molecule has 0 aliphatic heterocycles. The van der Waals surface area contributed by atoms with Crippen molar-refractivity contribution < 1.29 is 4.74 Å². The molecule has 0 spiro atoms. The number of pyridine rings is 1. The van der Waals surface area contributed by atoms with Gasteiger partial charge in [0.1, 0.15) is 11.8 Å². The van der Waals surface area contributed by atoms with Crippen LogP contribution in [0.25, 0.3) is 0 Å². The largest absolute Gasteiger partial charge is 0.439 e. The summed E-state index contributed by atoms with van der Waals surface area (Å²) in [4.78, 5) is 4.05. The highest BCUT2D eigenvalue weighted by Crippen LogP contribution is 2.25. The van der Waals surface area contributed by atoms with Crippen molar-refractivity contribution in [1.82, 2.24) is 4.98 Å². The lowest BCUT2D eigenvalue weighted by Gasteiger charge is -2.09. The molecular formula is C14H13N3O. The summed E-state index contributed by atoms with van der Waals surface area (Å²) in [6.07, 6.45) is 0. The average Bonchev–Trinajstić information content (AvgIpc) is 2.36. The minimum atomic E-state index is 0.179. The number of hydrogen-bond acceptors (Lipinski definition) is 4. The molecule has 1 heterocycles. The van der Waals surface area contributed by atoms with E-state index in [2.05, 4.69) is 4.98 Å². The summed E-state index contributed by atoms with van der Waals surface area (Å²) in [5.41, 5.74) is 8.25. The Labute approximate surface area is 106 Å². The van der Waals surface area contributed by atoms with Crippen molar-refractivity contribution in [3.05, 3.63) is 47.2 Å². The van der Waals surface area contributed by atoms with Crippen LogP contribution in [0.4, 0.5) is 5.69 Å². The van der Waals surface area contributed by atoms with Gasteiger partial charge in [0.15, 0.2) is 5.69 Å². The van der Waals surface area contributed by atoms with Gasteiger partial charge in [0.05, 0.1) is 5.69 Å². The Kier molecular flexibility index (Phi) is 3.16. The summed E-state index contributed by atoms with van der Waals surface area (Å²) < 4.78 is 5.67. The number of nitrogens with zero attached hydrogens (tertiary/aromatic N) is 2. The average molecular weight is 239 g/mol. The molecule has 4 nitrogen and oxygen atoms in total. The molecule has 0 aliphatic rings. The van der Waals surface area contributed by atoms with Crippen LogP contribution in [0.15, 0.2) is 30.3 Å². The zero-order valence-corrected chi connectivity index (χ0v) is 10.3. The highest BCUT2D eigenvalue weighted by Gasteiger charge is 2.06. The number of aromatic nitrogens is 1. The number of ether oxygens (including phenoxy) is 1. The molecule has 0 fully saturated rings. The van der Waals surface area contributed by atoms with Crippen LogP contribution in [0, 0.1) is 25.2 Å². The van der Waals surface area contributed by atoms with E-state index in [-0.39, 0.29) is 5.69 Å². The van der Waals surface area contributed by atoms with Gasteiger partial charge in [0.2, 0.25) is 5.88 Å². The Morgan fingerprint density at radius 2 is 2.00 bits per heavy atom. The fourth-order valence-electron chi connectivity index (χ4n) is 1.53. The van der Waals surface area contributed by atoms with Crippen LogP contribution < -0.4 is 10.5 Å². The molecule has 0 amide bonds. The third-order valence-electron chi connectivity index (χ3n) is 2.56. The van der Waals surface area contributed by atoms with Gasteiger partial charge in [0.25, 0.3) is 0 Å². The molecule has 2 N–H and O–H groups in total. The van der Waals surface area contributed by atoms with Gasteiger partial charge < -0.3 is 10.5 Å². The SMILES string of the molecule is Cc1ccc(C)c(Oc2ccc(N)c(C#N)n2)c1. The summed E-state index contributed by atoms with van der Waals surface area (Å²) in [6.45, 7) is 3.95. The molecule has 0 atom stereocenters. The highest BCUT2D eigenvalue weighted by molar-refractivity contribution is 5.51. The zero-order chi connectivity index (χ0) is 13.1. The molecule has 0 aliphatic carbocycles. The molecule has 0 unspecified atom stereocenters. The third kappa shape index (κ3) is 2.41. The van der Waals surface area contributed by atoms with Gasteiger partial charge in [-0.1, -0.05) is 12.1 Å². The fourth-order valence-corrected chi connectivity index (χ4v) is 1.53. The first-order valence-corrected chi connectivity index (χ1v) is 5.52. The topological polar surface area (TPSA) is 71.9 Å². The Balaban J connectivity index is 2.34. The normalized spacial score (nSPS) is 9.83. The molecule has 1 aromatic heterocycles. The number of nitrogen functional groups attached to an aromatic ring is 1. The molecular weight excluding hydrogens is 226 g/mol. The van der Waals surface area contributed by atoms with Crippen molar-refractivity contribution in [2.24, 2.45) is 0 Å². The second-order valence-electron chi connectivity index (χ2n) is 4.07. The Morgan fingerprint density at radius 1 is 1.22 bits per heavy atom. The van der Waals surface area contributed by atoms with Crippen molar-refractivity contribution in [2.45, 2.75) is 13.8 Å². The lowest BCUT2D eigenvalue weighted by Crippen LogP contribution is -1.97. The lowest BCUT2D eigenvalue weighted by atomic mass is 10.1. The molecule has 0 bridgehead atoms. The van der Waals surface area contributed by atoms with E-state index in [4.69, 9.17) is 15.7 Å². The van der Waals surface area contributed by atoms with Crippen LogP contribution in [0.3, 0.4) is 0 Å². The summed E-state index contributed by atoms with van der Waals surface area (Å²) in [6, 6.07) is 11.1. The summed E-state index contributed by atoms with van der Waals surface area (Å²) >= 11 is 0. The molecule has 90 valence electrons. The van der Waals surface area contributed by atoms with E-state index in [0.717, 1.165) is 16.9 Å². The van der Waals surface area contributed by atoms with Gasteiger partial charge >= 0.3 is 0 Å². The van der Waals surface area contributed by atoms with Crippen molar-refractivity contribution in [3.63, 3.8) is 0 Å². The second kappa shape index (κ2) is 4.76. The first-order valence-electron chi connectivity index (χ1n) is 5.52. The monoisotopic (exact) mass is 239 g/mol. The Hall–Kier alpha value is -2.54. The smallest absolute Gasteiger partial charge is 0.220 e. The number of benzene rings is 1. The third-order valence-corrected chi connectivity index (χ3v) is 2.56. The number of anilines is 1. The van der Waals surface area contributed by atoms with Crippen molar-refractivity contribution in [3.8, 4) is 17.7 Å². The minimum Gasteiger partial charge on any atom is -0.439 e. The first kappa shape index (κ1) is 11.9. The fraction of sp³-hybridized carbons (Fsp3) is 0.143. The predicted molar refractivity (Wildman–Crippen MR) is 69.4 cm³/mol. The Morgan fingerprint density at radius 3 is 2.72 bits per heavy atom. The molecule has 0 radical (unpaired) electrons. The van der Waals surface area contributed by atoms with Gasteiger partial charge in [-0.3, -0.25) is 0 Å². The molecule has 1 aromatic carbocycles. The standard InChI is InChI=1S/C14H13N3O/c1-9-3-4-10(2)13(7-9)18-14-6-5-11(16)12(8-15)17-14/h3-7H,16H2,1-2H3. The van der Waals surface area contributed by atoms with Crippen molar-refractivity contribution in [1.29, 1.82) is 5.26 Å². The van der Waals surface area contributed by atoms with Gasteiger partial charge in [-0.2, -0.15) is 5.26 Å². The van der Waals surface area contributed by atoms with Crippen molar-refractivity contribution in [2.75, 3.05) is 5.73 Å². The molecule has 4 heteroatoms. The first-order chi connectivity index (χ1) is 8.60. The van der Waals surface area contributed by atoms with Crippen LogP contribution in [0.2, 0.25) is 0 Å². The van der Waals surface area contributed by atoms with Crippen LogP contribution >= 0.6 is 0 Å². The second-order valence-corrected chi connectivity index (χ2v) is 4.07. The van der Waals surface area contributed by atoms with Gasteiger partial charge in [-0.15, -0.1) is 0 Å². The van der Waals surface area contributed by atoms with E-state index in [1.54, 1.807) is 12.1 Å². The van der Waals surface area contributed by atoms with Crippen LogP contribution in [-0.4, -0.2) is 4.98 Å². The van der Waals surface area contributed by atoms with Crippen LogP contribution in [0.5, 0.6) is 11.6 Å². The minimum absolute atomic E-state index is 0.179. The number of nitrogens with two attached hydrogens (primary N) is 1. The van der Waals surface area contributed by atoms with Crippen LogP contribution in [-0.2, 0) is 0 Å². The molecule has 2 rings (SSSR count). The van der Waals surface area contributed by atoms with E-state index in [1.165, 1.54) is 0 Å². The quantitative estimate of drug-likeness (QED) is 0.874. The number of aryl methyl sites for hydroxylation is 2. The van der Waals surface area contributed by atoms with E-state index >= 15 is 0 Å². The molecule has 18 heavy (non-hydrogen) atoms. The van der Waals surface area contributed by atoms with E-state index < -0.39 is 0 Å². The molecule has 0 saturated heterocycles. The maximum Gasteiger partial charge on any atom is 0.220 e. The summed E-state index contributed by atoms with van der Waals surface area (Å²) in [7, 11) is 0. The van der Waals surface area contributed by atoms with Gasteiger partial charge in [-0.05, 0) is 37.1 Å². The number of rotatable bonds is 2. The maximum absolute atomic E-state index is 8.86. The predicted octanol–water partition coefficient (Wildman–Crippen LogP) is 2.94. The van der Waals surface area contributed by atoms with E-state index in [9.17, 15) is 0 Å². The summed E-state index contributed by atoms with van der Waals surface area (Å²) in [5.74, 6) is 1.10. The zero-order valence-electron chi connectivity index (χ0n) is 10.3. The molecule has 2 aromatic rings. The lowest BCUT2D eigenvalue weighted by molar-refractivity contribution is 0.459. The van der Waals surface area contributed by atoms with Crippen LogP contribution in [0.1, 0.15) is 16.8 Å². The number of nitriles is 1. The summed E-state index contributed by atoms with van der Waals surface area (Å²) in [5, 5.41) is 8.86. The van der Waals surface area contributed by atoms with Gasteiger partial charge in [-0.25, -0.2) is 4.98 Å².